The number of ether oxygens (including phenoxy) is 2. The van der Waals surface area contributed by atoms with E-state index >= 15 is 0 Å². The number of amides is 1. The quantitative estimate of drug-likeness (QED) is 0.370. The van der Waals surface area contributed by atoms with Gasteiger partial charge in [-0.25, -0.2) is 10.2 Å². The monoisotopic (exact) mass is 468 g/mol. The highest BCUT2D eigenvalue weighted by atomic mass is 127. The first kappa shape index (κ1) is 19.7. The number of nitrogens with one attached hydrogen (secondary N) is 1. The zero-order chi connectivity index (χ0) is 19.1. The summed E-state index contributed by atoms with van der Waals surface area (Å²) in [5.41, 5.74) is 4.70. The molecule has 0 bridgehead atoms. The number of carboxylic acids is 1. The number of carbonyl (C=O) groups excluding carboxylic acids is 1. The molecule has 0 fully saturated rings. The van der Waals surface area contributed by atoms with Gasteiger partial charge in [0.1, 0.15) is 0 Å². The number of carboxylic acid groups (broad SMARTS) is 1. The number of nitrogens with zero attached hydrogens (tertiary/aromatic N) is 1. The maximum Gasteiger partial charge on any atom is 0.341 e. The average Bonchev–Trinajstić information content (AvgIpc) is 2.60. The van der Waals surface area contributed by atoms with Gasteiger partial charge in [-0.3, -0.25) is 4.79 Å². The smallest absolute Gasteiger partial charge is 0.341 e. The molecule has 2 rings (SSSR count). The molecule has 2 aromatic rings. The standard InChI is InChI=1S/C18H17IN2O5/c1-11-3-5-13(6-4-11)18(24)21-20-9-12-7-14(19)17(15(8-12)25-2)26-10-16(22)23/h3-9H,10H2,1-2H3,(H,21,24)(H,22,23)/b20-9-. The second-order valence-corrected chi connectivity index (χ2v) is 6.44. The van der Waals surface area contributed by atoms with Gasteiger partial charge in [0, 0.05) is 5.56 Å². The molecule has 0 unspecified atom stereocenters. The van der Waals surface area contributed by atoms with E-state index in [4.69, 9.17) is 14.6 Å². The first-order chi connectivity index (χ1) is 12.4. The molecule has 8 heteroatoms. The van der Waals surface area contributed by atoms with Crippen molar-refractivity contribution in [2.24, 2.45) is 5.10 Å². The van der Waals surface area contributed by atoms with Gasteiger partial charge in [-0.2, -0.15) is 5.10 Å². The van der Waals surface area contributed by atoms with E-state index in [1.54, 1.807) is 24.3 Å². The molecule has 0 aliphatic carbocycles. The maximum absolute atomic E-state index is 12.0. The first-order valence-electron chi connectivity index (χ1n) is 7.53. The molecule has 0 aliphatic heterocycles. The summed E-state index contributed by atoms with van der Waals surface area (Å²) in [6.45, 7) is 1.48. The van der Waals surface area contributed by atoms with Crippen LogP contribution in [-0.2, 0) is 4.79 Å². The van der Waals surface area contributed by atoms with E-state index < -0.39 is 12.6 Å². The number of rotatable bonds is 7. The van der Waals surface area contributed by atoms with Gasteiger partial charge < -0.3 is 14.6 Å². The van der Waals surface area contributed by atoms with Gasteiger partial charge in [0.05, 0.1) is 16.9 Å². The highest BCUT2D eigenvalue weighted by molar-refractivity contribution is 14.1. The molecule has 0 saturated carbocycles. The lowest BCUT2D eigenvalue weighted by Gasteiger charge is -2.12. The van der Waals surface area contributed by atoms with Gasteiger partial charge in [0.15, 0.2) is 18.1 Å². The van der Waals surface area contributed by atoms with Crippen LogP contribution < -0.4 is 14.9 Å². The Labute approximate surface area is 164 Å². The number of methoxy groups -OCH3 is 1. The van der Waals surface area contributed by atoms with Crippen LogP contribution in [0.1, 0.15) is 21.5 Å². The number of hydrazone groups is 1. The Hall–Kier alpha value is -2.62. The lowest BCUT2D eigenvalue weighted by molar-refractivity contribution is -0.139. The minimum absolute atomic E-state index is 0.315. The van der Waals surface area contributed by atoms with Crippen LogP contribution in [0.4, 0.5) is 0 Å². The normalized spacial score (nSPS) is 10.6. The van der Waals surface area contributed by atoms with E-state index in [0.717, 1.165) is 5.56 Å². The van der Waals surface area contributed by atoms with Crippen molar-refractivity contribution in [1.29, 1.82) is 0 Å². The fraction of sp³-hybridized carbons (Fsp3) is 0.167. The van der Waals surface area contributed by atoms with Crippen LogP contribution in [0.3, 0.4) is 0 Å². The Bertz CT molecular complexity index is 834. The van der Waals surface area contributed by atoms with Crippen LogP contribution >= 0.6 is 22.6 Å². The van der Waals surface area contributed by atoms with Crippen LogP contribution in [0, 0.1) is 10.5 Å². The SMILES string of the molecule is COc1cc(/C=N\NC(=O)c2ccc(C)cc2)cc(I)c1OCC(=O)O. The molecule has 0 radical (unpaired) electrons. The number of hydrogen-bond donors (Lipinski definition) is 2. The fourth-order valence-electron chi connectivity index (χ4n) is 2.02. The Balaban J connectivity index is 2.09. The van der Waals surface area contributed by atoms with E-state index in [9.17, 15) is 9.59 Å². The number of carbonyl (C=O) groups is 2. The molecule has 7 nitrogen and oxygen atoms in total. The molecule has 136 valence electrons. The molecule has 1 amide bonds. The second kappa shape index (κ2) is 9.18. The third-order valence-corrected chi connectivity index (χ3v) is 4.09. The van der Waals surface area contributed by atoms with Gasteiger partial charge in [-0.05, 0) is 59.3 Å². The van der Waals surface area contributed by atoms with Crippen molar-refractivity contribution in [3.05, 3.63) is 56.7 Å². The van der Waals surface area contributed by atoms with Crippen molar-refractivity contribution < 1.29 is 24.2 Å². The lowest BCUT2D eigenvalue weighted by atomic mass is 10.1. The van der Waals surface area contributed by atoms with Crippen molar-refractivity contribution in [2.45, 2.75) is 6.92 Å². The average molecular weight is 468 g/mol. The van der Waals surface area contributed by atoms with Gasteiger partial charge in [-0.15, -0.1) is 0 Å². The fourth-order valence-corrected chi connectivity index (χ4v) is 2.80. The first-order valence-corrected chi connectivity index (χ1v) is 8.60. The third kappa shape index (κ3) is 5.45. The van der Waals surface area contributed by atoms with Crippen molar-refractivity contribution in [3.63, 3.8) is 0 Å². The maximum atomic E-state index is 12.0. The highest BCUT2D eigenvalue weighted by Gasteiger charge is 2.12. The number of halogens is 1. The molecule has 0 heterocycles. The number of aryl methyl sites for hydroxylation is 1. The van der Waals surface area contributed by atoms with E-state index in [0.29, 0.717) is 26.2 Å². The van der Waals surface area contributed by atoms with E-state index in [1.165, 1.54) is 13.3 Å². The van der Waals surface area contributed by atoms with Crippen molar-refractivity contribution in [3.8, 4) is 11.5 Å². The van der Waals surface area contributed by atoms with Gasteiger partial charge in [-0.1, -0.05) is 17.7 Å². The molecule has 0 aliphatic rings. The summed E-state index contributed by atoms with van der Waals surface area (Å²) in [6.07, 6.45) is 1.47. The summed E-state index contributed by atoms with van der Waals surface area (Å²) in [7, 11) is 1.46. The van der Waals surface area contributed by atoms with E-state index in [2.05, 4.69) is 10.5 Å². The van der Waals surface area contributed by atoms with Gasteiger partial charge in [0.25, 0.3) is 5.91 Å². The molecule has 2 N–H and O–H groups in total. The van der Waals surface area contributed by atoms with E-state index in [-0.39, 0.29) is 5.91 Å². The third-order valence-electron chi connectivity index (χ3n) is 3.29. The highest BCUT2D eigenvalue weighted by Crippen LogP contribution is 2.33. The van der Waals surface area contributed by atoms with Crippen molar-refractivity contribution in [2.75, 3.05) is 13.7 Å². The van der Waals surface area contributed by atoms with Crippen molar-refractivity contribution in [1.82, 2.24) is 5.43 Å². The molecule has 0 spiro atoms. The predicted octanol–water partition coefficient (Wildman–Crippen LogP) is 2.84. The number of hydrogen-bond acceptors (Lipinski definition) is 5. The second-order valence-electron chi connectivity index (χ2n) is 5.28. The summed E-state index contributed by atoms with van der Waals surface area (Å²) >= 11 is 2.01. The van der Waals surface area contributed by atoms with Crippen LogP contribution in [-0.4, -0.2) is 36.9 Å². The molecular weight excluding hydrogens is 451 g/mol. The molecule has 0 saturated heterocycles. The van der Waals surface area contributed by atoms with Crippen LogP contribution in [0.2, 0.25) is 0 Å². The topological polar surface area (TPSA) is 97.2 Å². The zero-order valence-electron chi connectivity index (χ0n) is 14.2. The van der Waals surface area contributed by atoms with Crippen LogP contribution in [0.15, 0.2) is 41.5 Å². The molecule has 0 aromatic heterocycles. The summed E-state index contributed by atoms with van der Waals surface area (Å²) in [4.78, 5) is 22.7. The molecule has 26 heavy (non-hydrogen) atoms. The van der Waals surface area contributed by atoms with Crippen LogP contribution in [0.25, 0.3) is 0 Å². The Morgan fingerprint density at radius 2 is 1.96 bits per heavy atom. The number of aliphatic carboxylic acids is 1. The van der Waals surface area contributed by atoms with Gasteiger partial charge >= 0.3 is 5.97 Å². The molecular formula is C18H17IN2O5. The predicted molar refractivity (Wildman–Crippen MR) is 105 cm³/mol. The summed E-state index contributed by atoms with van der Waals surface area (Å²) < 4.78 is 11.1. The van der Waals surface area contributed by atoms with Gasteiger partial charge in [0.2, 0.25) is 0 Å². The Kier molecular flexibility index (Phi) is 6.96. The molecule has 2 aromatic carbocycles. The summed E-state index contributed by atoms with van der Waals surface area (Å²) in [6, 6.07) is 10.5. The lowest BCUT2D eigenvalue weighted by Crippen LogP contribution is -2.17. The minimum Gasteiger partial charge on any atom is -0.493 e. The van der Waals surface area contributed by atoms with Crippen molar-refractivity contribution >= 4 is 40.7 Å². The van der Waals surface area contributed by atoms with Crippen LogP contribution in [0.5, 0.6) is 11.5 Å². The molecule has 0 atom stereocenters. The number of benzene rings is 2. The minimum atomic E-state index is -1.08. The summed E-state index contributed by atoms with van der Waals surface area (Å²) in [5.74, 6) is -0.669. The Morgan fingerprint density at radius 3 is 2.58 bits per heavy atom. The zero-order valence-corrected chi connectivity index (χ0v) is 16.3. The summed E-state index contributed by atoms with van der Waals surface area (Å²) in [5, 5.41) is 12.7. The Morgan fingerprint density at radius 1 is 1.27 bits per heavy atom. The largest absolute Gasteiger partial charge is 0.493 e. The van der Waals surface area contributed by atoms with E-state index in [1.807, 2.05) is 41.6 Å².